The van der Waals surface area contributed by atoms with E-state index >= 15 is 0 Å². The molecule has 0 saturated carbocycles. The van der Waals surface area contributed by atoms with Gasteiger partial charge in [0.15, 0.2) is 5.96 Å². The monoisotopic (exact) mass is 367 g/mol. The van der Waals surface area contributed by atoms with Gasteiger partial charge in [-0.25, -0.2) is 9.78 Å². The Labute approximate surface area is 154 Å². The number of carbonyl (C=O) groups excluding carboxylic acids is 1. The summed E-state index contributed by atoms with van der Waals surface area (Å²) in [6.45, 7) is 10.2. The molecule has 140 valence electrons. The molecule has 0 atom stereocenters. The third-order valence-electron chi connectivity index (χ3n) is 4.21. The highest BCUT2D eigenvalue weighted by Gasteiger charge is 2.23. The van der Waals surface area contributed by atoms with Crippen molar-refractivity contribution in [3.05, 3.63) is 15.6 Å². The first-order chi connectivity index (χ1) is 12.1. The van der Waals surface area contributed by atoms with E-state index < -0.39 is 0 Å². The van der Waals surface area contributed by atoms with Gasteiger partial charge in [-0.1, -0.05) is 6.92 Å². The molecule has 25 heavy (non-hydrogen) atoms. The fraction of sp³-hybridized carbons (Fsp3) is 0.706. The van der Waals surface area contributed by atoms with E-state index in [1.807, 2.05) is 6.92 Å². The average Bonchev–Trinajstić information content (AvgIpc) is 2.99. The number of nitrogens with zero attached hydrogens (tertiary/aromatic N) is 4. The van der Waals surface area contributed by atoms with Crippen molar-refractivity contribution in [1.82, 2.24) is 20.1 Å². The first-order valence-corrected chi connectivity index (χ1v) is 9.73. The van der Waals surface area contributed by atoms with Crippen molar-refractivity contribution >= 4 is 23.4 Å². The Kier molecular flexibility index (Phi) is 7.49. The summed E-state index contributed by atoms with van der Waals surface area (Å²) in [7, 11) is 1.79. The number of ether oxygens (including phenoxy) is 1. The van der Waals surface area contributed by atoms with Crippen molar-refractivity contribution in [2.75, 3.05) is 46.4 Å². The van der Waals surface area contributed by atoms with E-state index in [0.29, 0.717) is 19.7 Å². The van der Waals surface area contributed by atoms with E-state index in [2.05, 4.69) is 34.0 Å². The Hall–Kier alpha value is -1.83. The van der Waals surface area contributed by atoms with E-state index in [4.69, 9.17) is 4.74 Å². The molecule has 1 aliphatic heterocycles. The van der Waals surface area contributed by atoms with Gasteiger partial charge in [0.25, 0.3) is 0 Å². The van der Waals surface area contributed by atoms with E-state index in [-0.39, 0.29) is 6.09 Å². The maximum atomic E-state index is 11.8. The molecule has 0 bridgehead atoms. The van der Waals surface area contributed by atoms with Crippen molar-refractivity contribution in [2.45, 2.75) is 33.6 Å². The Morgan fingerprint density at radius 1 is 1.28 bits per heavy atom. The highest BCUT2D eigenvalue weighted by atomic mass is 32.1. The van der Waals surface area contributed by atoms with Crippen LogP contribution in [0.15, 0.2) is 4.99 Å². The number of thiazole rings is 1. The number of aryl methyl sites for hydroxylation is 2. The molecule has 0 aromatic carbocycles. The van der Waals surface area contributed by atoms with Gasteiger partial charge in [0.1, 0.15) is 0 Å². The predicted octanol–water partition coefficient (Wildman–Crippen LogP) is 1.91. The Balaban J connectivity index is 1.78. The number of hydrogen-bond donors (Lipinski definition) is 1. The molecule has 0 aliphatic carbocycles. The van der Waals surface area contributed by atoms with Crippen LogP contribution in [0.5, 0.6) is 0 Å². The van der Waals surface area contributed by atoms with E-state index in [9.17, 15) is 4.79 Å². The summed E-state index contributed by atoms with van der Waals surface area (Å²) >= 11 is 1.78. The summed E-state index contributed by atoms with van der Waals surface area (Å²) < 4.78 is 5.05. The average molecular weight is 368 g/mol. The topological polar surface area (TPSA) is 70.1 Å². The number of aromatic nitrogens is 1. The van der Waals surface area contributed by atoms with Gasteiger partial charge in [-0.3, -0.25) is 4.99 Å². The number of amides is 1. The number of carbonyl (C=O) groups is 1. The minimum absolute atomic E-state index is 0.226. The summed E-state index contributed by atoms with van der Waals surface area (Å²) in [5, 5.41) is 4.58. The zero-order valence-corrected chi connectivity index (χ0v) is 16.5. The summed E-state index contributed by atoms with van der Waals surface area (Å²) in [6.07, 6.45) is 1.66. The van der Waals surface area contributed by atoms with Gasteiger partial charge in [-0.05, 0) is 20.3 Å². The number of rotatable bonds is 5. The van der Waals surface area contributed by atoms with Gasteiger partial charge in [-0.15, -0.1) is 11.3 Å². The molecule has 0 spiro atoms. The smallest absolute Gasteiger partial charge is 0.409 e. The van der Waals surface area contributed by atoms with Gasteiger partial charge in [0.05, 0.1) is 17.3 Å². The van der Waals surface area contributed by atoms with E-state index in [1.165, 1.54) is 15.6 Å². The summed E-state index contributed by atoms with van der Waals surface area (Å²) in [4.78, 5) is 26.1. The largest absolute Gasteiger partial charge is 0.450 e. The molecule has 0 radical (unpaired) electrons. The van der Waals surface area contributed by atoms with Gasteiger partial charge in [-0.2, -0.15) is 0 Å². The molecule has 1 fully saturated rings. The van der Waals surface area contributed by atoms with Crippen LogP contribution < -0.4 is 5.32 Å². The highest BCUT2D eigenvalue weighted by molar-refractivity contribution is 7.11. The first-order valence-electron chi connectivity index (χ1n) is 8.91. The van der Waals surface area contributed by atoms with Gasteiger partial charge < -0.3 is 19.9 Å². The van der Waals surface area contributed by atoms with Gasteiger partial charge >= 0.3 is 6.09 Å². The van der Waals surface area contributed by atoms with E-state index in [0.717, 1.165) is 38.4 Å². The van der Waals surface area contributed by atoms with Crippen molar-refractivity contribution in [2.24, 2.45) is 4.99 Å². The SMILES string of the molecule is CCOC(=O)N1CCN(C(=NC)NCCc2nc(CC)c(C)s2)CC1. The molecule has 2 rings (SSSR count). The second kappa shape index (κ2) is 9.60. The van der Waals surface area contributed by atoms with Crippen LogP contribution in [0.25, 0.3) is 0 Å². The Morgan fingerprint density at radius 2 is 1.96 bits per heavy atom. The van der Waals surface area contributed by atoms with Crippen molar-refractivity contribution in [1.29, 1.82) is 0 Å². The number of guanidine groups is 1. The standard InChI is InChI=1S/C17H29N5O2S/c1-5-14-13(3)25-15(20-14)7-8-19-16(18-4)21-9-11-22(12-10-21)17(23)24-6-2/h5-12H2,1-4H3,(H,18,19). The molecule has 1 aliphatic rings. The second-order valence-electron chi connectivity index (χ2n) is 5.86. The van der Waals surface area contributed by atoms with Crippen LogP contribution in [0, 0.1) is 6.92 Å². The van der Waals surface area contributed by atoms with Crippen LogP contribution in [0.4, 0.5) is 4.79 Å². The third kappa shape index (κ3) is 5.32. The van der Waals surface area contributed by atoms with Gasteiger partial charge in [0, 0.05) is 51.1 Å². The number of aliphatic imine (C=N–C) groups is 1. The fourth-order valence-electron chi connectivity index (χ4n) is 2.85. The Morgan fingerprint density at radius 3 is 2.52 bits per heavy atom. The molecule has 2 heterocycles. The molecule has 1 saturated heterocycles. The van der Waals surface area contributed by atoms with Crippen molar-refractivity contribution in [3.8, 4) is 0 Å². The summed E-state index contributed by atoms with van der Waals surface area (Å²) in [5.74, 6) is 0.882. The van der Waals surface area contributed by atoms with Crippen LogP contribution in [0.2, 0.25) is 0 Å². The normalized spacial score (nSPS) is 15.4. The lowest BCUT2D eigenvalue weighted by Crippen LogP contribution is -2.54. The zero-order chi connectivity index (χ0) is 18.2. The number of piperazine rings is 1. The molecule has 1 aromatic rings. The highest BCUT2D eigenvalue weighted by Crippen LogP contribution is 2.18. The summed E-state index contributed by atoms with van der Waals surface area (Å²) in [5.41, 5.74) is 1.21. The zero-order valence-electron chi connectivity index (χ0n) is 15.7. The molecule has 1 amide bonds. The fourth-order valence-corrected chi connectivity index (χ4v) is 3.87. The maximum absolute atomic E-state index is 11.8. The lowest BCUT2D eigenvalue weighted by Gasteiger charge is -2.35. The first kappa shape index (κ1) is 19.5. The molecule has 1 aromatic heterocycles. The van der Waals surface area contributed by atoms with Crippen LogP contribution in [0.3, 0.4) is 0 Å². The van der Waals surface area contributed by atoms with Gasteiger partial charge in [0.2, 0.25) is 0 Å². The molecule has 0 unspecified atom stereocenters. The van der Waals surface area contributed by atoms with Crippen molar-refractivity contribution in [3.63, 3.8) is 0 Å². The van der Waals surface area contributed by atoms with Crippen LogP contribution >= 0.6 is 11.3 Å². The maximum Gasteiger partial charge on any atom is 0.409 e. The minimum Gasteiger partial charge on any atom is -0.450 e. The lowest BCUT2D eigenvalue weighted by molar-refractivity contribution is 0.0915. The molecular weight excluding hydrogens is 338 g/mol. The molecule has 7 nitrogen and oxygen atoms in total. The molecular formula is C17H29N5O2S. The third-order valence-corrected chi connectivity index (χ3v) is 5.28. The number of nitrogens with one attached hydrogen (secondary N) is 1. The molecule has 8 heteroatoms. The van der Waals surface area contributed by atoms with E-state index in [1.54, 1.807) is 23.3 Å². The number of hydrogen-bond acceptors (Lipinski definition) is 5. The van der Waals surface area contributed by atoms with Crippen molar-refractivity contribution < 1.29 is 9.53 Å². The van der Waals surface area contributed by atoms with Crippen LogP contribution in [-0.2, 0) is 17.6 Å². The quantitative estimate of drug-likeness (QED) is 0.636. The summed E-state index contributed by atoms with van der Waals surface area (Å²) in [6, 6.07) is 0. The second-order valence-corrected chi connectivity index (χ2v) is 7.15. The molecule has 1 N–H and O–H groups in total. The minimum atomic E-state index is -0.226. The lowest BCUT2D eigenvalue weighted by atomic mass is 10.3. The predicted molar refractivity (Wildman–Crippen MR) is 101 cm³/mol. The van der Waals surface area contributed by atoms with Crippen LogP contribution in [-0.4, -0.2) is 73.2 Å². The van der Waals surface area contributed by atoms with Crippen LogP contribution in [0.1, 0.15) is 29.4 Å². The Bertz CT molecular complexity index is 594.